The lowest BCUT2D eigenvalue weighted by molar-refractivity contribution is 0.0989. The Morgan fingerprint density at radius 2 is 1.76 bits per heavy atom. The molecule has 2 heterocycles. The molecule has 124 valence electrons. The SMILES string of the molecule is NC(=O)c1cc2c([nH]1)-c1ccccc1N(CC(=O)c1ccccc1)C2. The minimum absolute atomic E-state index is 0.0597. The van der Waals surface area contributed by atoms with E-state index in [1.807, 2.05) is 59.5 Å². The molecule has 0 unspecified atom stereocenters. The maximum Gasteiger partial charge on any atom is 0.265 e. The van der Waals surface area contributed by atoms with E-state index >= 15 is 0 Å². The van der Waals surface area contributed by atoms with Crippen LogP contribution in [0.3, 0.4) is 0 Å². The van der Waals surface area contributed by atoms with Crippen LogP contribution in [-0.2, 0) is 6.54 Å². The molecule has 0 radical (unpaired) electrons. The van der Waals surface area contributed by atoms with Gasteiger partial charge in [0.2, 0.25) is 0 Å². The van der Waals surface area contributed by atoms with Crippen LogP contribution in [0.15, 0.2) is 60.7 Å². The number of Topliss-reactive ketones (excluding diaryl/α,β-unsaturated/α-hetero) is 1. The van der Waals surface area contributed by atoms with Crippen molar-refractivity contribution in [2.45, 2.75) is 6.54 Å². The minimum atomic E-state index is -0.487. The number of carbonyl (C=O) groups excluding carboxylic acids is 2. The molecule has 3 N–H and O–H groups in total. The molecule has 1 amide bonds. The van der Waals surface area contributed by atoms with E-state index in [9.17, 15) is 9.59 Å². The van der Waals surface area contributed by atoms with Gasteiger partial charge in [0.1, 0.15) is 5.69 Å². The van der Waals surface area contributed by atoms with Crippen molar-refractivity contribution in [2.24, 2.45) is 5.73 Å². The number of amides is 1. The van der Waals surface area contributed by atoms with Gasteiger partial charge in [-0.3, -0.25) is 9.59 Å². The Morgan fingerprint density at radius 1 is 1.04 bits per heavy atom. The lowest BCUT2D eigenvalue weighted by Gasteiger charge is -2.30. The molecule has 1 aromatic heterocycles. The van der Waals surface area contributed by atoms with E-state index < -0.39 is 5.91 Å². The number of hydrogen-bond donors (Lipinski definition) is 2. The Bertz CT molecular complexity index is 960. The molecule has 0 atom stereocenters. The number of nitrogens with one attached hydrogen (secondary N) is 1. The average Bonchev–Trinajstić information content (AvgIpc) is 3.07. The molecular weight excluding hydrogens is 314 g/mol. The summed E-state index contributed by atoms with van der Waals surface area (Å²) in [5.41, 5.74) is 10.3. The molecule has 25 heavy (non-hydrogen) atoms. The zero-order chi connectivity index (χ0) is 17.4. The van der Waals surface area contributed by atoms with Crippen molar-refractivity contribution in [3.63, 3.8) is 0 Å². The third-order valence-electron chi connectivity index (χ3n) is 4.47. The quantitative estimate of drug-likeness (QED) is 0.721. The molecule has 5 heteroatoms. The Labute approximate surface area is 145 Å². The van der Waals surface area contributed by atoms with E-state index in [-0.39, 0.29) is 12.3 Å². The fraction of sp³-hybridized carbons (Fsp3) is 0.100. The summed E-state index contributed by atoms with van der Waals surface area (Å²) in [5.74, 6) is -0.427. The smallest absolute Gasteiger partial charge is 0.265 e. The highest BCUT2D eigenvalue weighted by Crippen LogP contribution is 2.38. The largest absolute Gasteiger partial charge is 0.364 e. The number of fused-ring (bicyclic) bond motifs is 3. The fourth-order valence-corrected chi connectivity index (χ4v) is 3.28. The Kier molecular flexibility index (Phi) is 3.61. The lowest BCUT2D eigenvalue weighted by Crippen LogP contribution is -2.31. The molecule has 0 bridgehead atoms. The van der Waals surface area contributed by atoms with Gasteiger partial charge in [0.25, 0.3) is 5.91 Å². The number of aromatic nitrogens is 1. The van der Waals surface area contributed by atoms with Gasteiger partial charge in [0.15, 0.2) is 5.78 Å². The number of aromatic amines is 1. The second-order valence-electron chi connectivity index (χ2n) is 6.11. The van der Waals surface area contributed by atoms with Crippen LogP contribution in [-0.4, -0.2) is 23.2 Å². The van der Waals surface area contributed by atoms with Gasteiger partial charge in [-0.15, -0.1) is 0 Å². The van der Waals surface area contributed by atoms with Crippen LogP contribution in [0.2, 0.25) is 0 Å². The first-order valence-corrected chi connectivity index (χ1v) is 8.08. The molecule has 2 aromatic carbocycles. The van der Waals surface area contributed by atoms with Crippen molar-refractivity contribution < 1.29 is 9.59 Å². The van der Waals surface area contributed by atoms with Crippen LogP contribution in [0.5, 0.6) is 0 Å². The van der Waals surface area contributed by atoms with Gasteiger partial charge in [0, 0.05) is 23.4 Å². The van der Waals surface area contributed by atoms with Crippen LogP contribution in [0.25, 0.3) is 11.3 Å². The fourth-order valence-electron chi connectivity index (χ4n) is 3.28. The zero-order valence-corrected chi connectivity index (χ0v) is 13.5. The minimum Gasteiger partial charge on any atom is -0.364 e. The van der Waals surface area contributed by atoms with Crippen molar-refractivity contribution in [3.8, 4) is 11.3 Å². The van der Waals surface area contributed by atoms with Gasteiger partial charge in [-0.1, -0.05) is 48.5 Å². The van der Waals surface area contributed by atoms with Crippen LogP contribution >= 0.6 is 0 Å². The predicted octanol–water partition coefficient (Wildman–Crippen LogP) is 2.98. The van der Waals surface area contributed by atoms with E-state index in [2.05, 4.69) is 4.98 Å². The summed E-state index contributed by atoms with van der Waals surface area (Å²) >= 11 is 0. The number of nitrogens with two attached hydrogens (primary N) is 1. The lowest BCUT2D eigenvalue weighted by atomic mass is 9.99. The highest BCUT2D eigenvalue weighted by Gasteiger charge is 2.26. The van der Waals surface area contributed by atoms with Gasteiger partial charge in [0.05, 0.1) is 12.2 Å². The summed E-state index contributed by atoms with van der Waals surface area (Å²) < 4.78 is 0. The Morgan fingerprint density at radius 3 is 2.52 bits per heavy atom. The Balaban J connectivity index is 1.71. The van der Waals surface area contributed by atoms with Gasteiger partial charge in [-0.25, -0.2) is 0 Å². The summed E-state index contributed by atoms with van der Waals surface area (Å²) in [6, 6.07) is 18.9. The summed E-state index contributed by atoms with van der Waals surface area (Å²) in [6.45, 7) is 0.826. The average molecular weight is 331 g/mol. The van der Waals surface area contributed by atoms with Crippen molar-refractivity contribution in [1.82, 2.24) is 4.98 Å². The molecule has 1 aliphatic heterocycles. The second kappa shape index (κ2) is 5.94. The molecule has 1 aliphatic rings. The normalized spacial score (nSPS) is 12.4. The summed E-state index contributed by atoms with van der Waals surface area (Å²) in [6.07, 6.45) is 0. The standard InChI is InChI=1S/C20H17N3O2/c21-20(25)16-10-14-11-23(12-18(24)13-6-2-1-3-7-13)17-9-5-4-8-15(17)19(14)22-16/h1-10,22H,11-12H2,(H2,21,25). The monoisotopic (exact) mass is 331 g/mol. The number of carbonyl (C=O) groups is 2. The highest BCUT2D eigenvalue weighted by atomic mass is 16.1. The first kappa shape index (κ1) is 15.2. The summed E-state index contributed by atoms with van der Waals surface area (Å²) in [5, 5.41) is 0. The molecular formula is C20H17N3O2. The number of nitrogens with zero attached hydrogens (tertiary/aromatic N) is 1. The number of H-pyrrole nitrogens is 1. The number of anilines is 1. The van der Waals surface area contributed by atoms with Crippen molar-refractivity contribution in [3.05, 3.63) is 77.5 Å². The number of primary amides is 1. The third-order valence-corrected chi connectivity index (χ3v) is 4.47. The van der Waals surface area contributed by atoms with Gasteiger partial charge in [-0.2, -0.15) is 0 Å². The van der Waals surface area contributed by atoms with Crippen LogP contribution in [0, 0.1) is 0 Å². The highest BCUT2D eigenvalue weighted by molar-refractivity contribution is 6.00. The van der Waals surface area contributed by atoms with Crippen LogP contribution < -0.4 is 10.6 Å². The zero-order valence-electron chi connectivity index (χ0n) is 13.5. The van der Waals surface area contributed by atoms with E-state index in [1.54, 1.807) is 6.07 Å². The number of hydrogen-bond acceptors (Lipinski definition) is 3. The van der Waals surface area contributed by atoms with Gasteiger partial charge >= 0.3 is 0 Å². The summed E-state index contributed by atoms with van der Waals surface area (Å²) in [4.78, 5) is 29.3. The number of benzene rings is 2. The molecule has 0 aliphatic carbocycles. The van der Waals surface area contributed by atoms with Crippen molar-refractivity contribution >= 4 is 17.4 Å². The molecule has 3 aromatic rings. The van der Waals surface area contributed by atoms with Crippen molar-refractivity contribution in [1.29, 1.82) is 0 Å². The summed E-state index contributed by atoms with van der Waals surface area (Å²) in [7, 11) is 0. The van der Waals surface area contributed by atoms with Crippen LogP contribution in [0.1, 0.15) is 26.4 Å². The topological polar surface area (TPSA) is 79.2 Å². The van der Waals surface area contributed by atoms with Crippen molar-refractivity contribution in [2.75, 3.05) is 11.4 Å². The maximum absolute atomic E-state index is 12.6. The van der Waals surface area contributed by atoms with Crippen LogP contribution in [0.4, 0.5) is 5.69 Å². The molecule has 5 nitrogen and oxygen atoms in total. The van der Waals surface area contributed by atoms with E-state index in [4.69, 9.17) is 5.73 Å². The van der Waals surface area contributed by atoms with Gasteiger partial charge in [-0.05, 0) is 17.7 Å². The third kappa shape index (κ3) is 2.70. The van der Waals surface area contributed by atoms with E-state index in [0.29, 0.717) is 17.8 Å². The molecule has 0 spiro atoms. The maximum atomic E-state index is 12.6. The molecule has 0 fully saturated rings. The second-order valence-corrected chi connectivity index (χ2v) is 6.11. The molecule has 0 saturated heterocycles. The number of rotatable bonds is 4. The molecule has 4 rings (SSSR count). The van der Waals surface area contributed by atoms with Gasteiger partial charge < -0.3 is 15.6 Å². The first-order valence-electron chi connectivity index (χ1n) is 8.08. The van der Waals surface area contributed by atoms with E-state index in [0.717, 1.165) is 22.5 Å². The van der Waals surface area contributed by atoms with E-state index in [1.165, 1.54) is 0 Å². The molecule has 0 saturated carbocycles. The first-order chi connectivity index (χ1) is 12.1. The number of ketones is 1. The predicted molar refractivity (Wildman–Crippen MR) is 96.6 cm³/mol. The Hall–Kier alpha value is -3.34. The number of para-hydroxylation sites is 1.